The largest absolute Gasteiger partial charge is 0.271 e. The molecule has 1 aromatic heterocycles. The third-order valence-electron chi connectivity index (χ3n) is 5.60. The normalized spacial score (nSPS) is 28.8. The van der Waals surface area contributed by atoms with Crippen LogP contribution in [-0.2, 0) is 13.0 Å². The molecule has 0 radical (unpaired) electrons. The van der Waals surface area contributed by atoms with Crippen molar-refractivity contribution in [3.8, 4) is 0 Å². The van der Waals surface area contributed by atoms with E-state index in [1.54, 1.807) is 0 Å². The van der Waals surface area contributed by atoms with Crippen LogP contribution >= 0.6 is 0 Å². The molecule has 0 amide bonds. The molecular weight excluding hydrogens is 260 g/mol. The van der Waals surface area contributed by atoms with Crippen molar-refractivity contribution in [2.75, 3.05) is 0 Å². The lowest BCUT2D eigenvalue weighted by molar-refractivity contribution is 0.406. The Kier molecular flexibility index (Phi) is 3.23. The van der Waals surface area contributed by atoms with Gasteiger partial charge in [-0.15, -0.1) is 0 Å². The minimum absolute atomic E-state index is 0.379. The van der Waals surface area contributed by atoms with E-state index in [-0.39, 0.29) is 0 Å². The van der Waals surface area contributed by atoms with Gasteiger partial charge in [-0.05, 0) is 43.6 Å². The number of rotatable bonds is 5. The summed E-state index contributed by atoms with van der Waals surface area (Å²) in [6.07, 6.45) is 5.16. The predicted molar refractivity (Wildman–Crippen MR) is 84.5 cm³/mol. The van der Waals surface area contributed by atoms with Gasteiger partial charge in [0.25, 0.3) is 0 Å². The maximum absolute atomic E-state index is 5.86. The summed E-state index contributed by atoms with van der Waals surface area (Å²) in [6, 6.07) is 8.91. The zero-order valence-corrected chi connectivity index (χ0v) is 12.6. The summed E-state index contributed by atoms with van der Waals surface area (Å²) in [5, 5.41) is 6.10. The fraction of sp³-hybridized carbons (Fsp3) is 0.588. The van der Waals surface area contributed by atoms with Crippen molar-refractivity contribution in [3.63, 3.8) is 0 Å². The number of aromatic nitrogens is 2. The third-order valence-corrected chi connectivity index (χ3v) is 5.60. The fourth-order valence-corrected chi connectivity index (χ4v) is 4.58. The molecule has 2 saturated carbocycles. The number of hydrogen-bond acceptors (Lipinski definition) is 3. The first-order valence-electron chi connectivity index (χ1n) is 8.24. The molecule has 1 aromatic carbocycles. The molecule has 1 heterocycles. The van der Waals surface area contributed by atoms with Crippen LogP contribution in [0.15, 0.2) is 24.3 Å². The number of benzene rings is 1. The Balaban J connectivity index is 1.61. The van der Waals surface area contributed by atoms with Crippen molar-refractivity contribution in [1.29, 1.82) is 0 Å². The van der Waals surface area contributed by atoms with Crippen LogP contribution in [0, 0.1) is 17.8 Å². The van der Waals surface area contributed by atoms with Gasteiger partial charge in [-0.25, -0.2) is 0 Å². The summed E-state index contributed by atoms with van der Waals surface area (Å²) in [4.78, 5) is 0. The first-order chi connectivity index (χ1) is 10.3. The Bertz CT molecular complexity index is 637. The van der Waals surface area contributed by atoms with Gasteiger partial charge in [0, 0.05) is 24.4 Å². The van der Waals surface area contributed by atoms with E-state index in [9.17, 15) is 0 Å². The zero-order valence-electron chi connectivity index (χ0n) is 12.6. The van der Waals surface area contributed by atoms with Crippen LogP contribution in [-0.4, -0.2) is 15.8 Å². The Hall–Kier alpha value is -1.39. The number of nitrogens with zero attached hydrogens (tertiary/aromatic N) is 2. The van der Waals surface area contributed by atoms with Crippen LogP contribution < -0.4 is 11.3 Å². The molecule has 3 N–H and O–H groups in total. The highest BCUT2D eigenvalue weighted by atomic mass is 15.3. The highest BCUT2D eigenvalue weighted by molar-refractivity contribution is 5.82. The number of hydrogen-bond donors (Lipinski definition) is 2. The molecule has 2 fully saturated rings. The minimum Gasteiger partial charge on any atom is -0.271 e. The quantitative estimate of drug-likeness (QED) is 0.655. The van der Waals surface area contributed by atoms with Crippen LogP contribution in [0.2, 0.25) is 0 Å². The van der Waals surface area contributed by atoms with Crippen molar-refractivity contribution in [2.45, 2.75) is 45.2 Å². The van der Waals surface area contributed by atoms with Crippen molar-refractivity contribution < 1.29 is 0 Å². The molecule has 3 unspecified atom stereocenters. The smallest absolute Gasteiger partial charge is 0.0719 e. The zero-order chi connectivity index (χ0) is 14.4. The molecule has 2 aliphatic rings. The summed E-state index contributed by atoms with van der Waals surface area (Å²) in [7, 11) is 0. The van der Waals surface area contributed by atoms with Crippen LogP contribution in [0.3, 0.4) is 0 Å². The second kappa shape index (κ2) is 5.11. The first kappa shape index (κ1) is 13.3. The van der Waals surface area contributed by atoms with Gasteiger partial charge in [0.2, 0.25) is 0 Å². The number of nitrogens with one attached hydrogen (secondary N) is 1. The average molecular weight is 284 g/mol. The van der Waals surface area contributed by atoms with E-state index in [4.69, 9.17) is 10.9 Å². The van der Waals surface area contributed by atoms with Gasteiger partial charge in [-0.2, -0.15) is 5.10 Å². The van der Waals surface area contributed by atoms with E-state index in [1.165, 1.54) is 35.9 Å². The molecule has 2 aliphatic carbocycles. The van der Waals surface area contributed by atoms with E-state index < -0.39 is 0 Å². The van der Waals surface area contributed by atoms with E-state index in [0.717, 1.165) is 30.7 Å². The van der Waals surface area contributed by atoms with E-state index in [0.29, 0.717) is 6.04 Å². The maximum atomic E-state index is 5.86. The fourth-order valence-electron chi connectivity index (χ4n) is 4.58. The summed E-state index contributed by atoms with van der Waals surface area (Å²) in [5.41, 5.74) is 5.52. The van der Waals surface area contributed by atoms with Crippen LogP contribution in [0.4, 0.5) is 0 Å². The number of aryl methyl sites for hydroxylation is 1. The number of nitrogens with two attached hydrogens (primary N) is 1. The lowest BCUT2D eigenvalue weighted by Crippen LogP contribution is -2.39. The van der Waals surface area contributed by atoms with Gasteiger partial charge in [0.1, 0.15) is 0 Å². The highest BCUT2D eigenvalue weighted by Crippen LogP contribution is 2.59. The number of para-hydroxylation sites is 1. The number of hydrazine groups is 1. The Morgan fingerprint density at radius 2 is 2.10 bits per heavy atom. The van der Waals surface area contributed by atoms with Gasteiger partial charge in [-0.1, -0.05) is 24.6 Å². The molecule has 3 atom stereocenters. The molecule has 4 nitrogen and oxygen atoms in total. The number of fused-ring (bicyclic) bond motifs is 2. The maximum Gasteiger partial charge on any atom is 0.0719 e. The monoisotopic (exact) mass is 284 g/mol. The van der Waals surface area contributed by atoms with Crippen molar-refractivity contribution in [2.24, 2.45) is 23.6 Å². The molecule has 21 heavy (non-hydrogen) atoms. The molecule has 4 heteroatoms. The summed E-state index contributed by atoms with van der Waals surface area (Å²) < 4.78 is 2.10. The van der Waals surface area contributed by atoms with Crippen molar-refractivity contribution >= 4 is 10.9 Å². The topological polar surface area (TPSA) is 55.9 Å². The second-order valence-corrected chi connectivity index (χ2v) is 6.59. The van der Waals surface area contributed by atoms with Crippen LogP contribution in [0.1, 0.15) is 31.9 Å². The van der Waals surface area contributed by atoms with E-state index in [2.05, 4.69) is 41.3 Å². The van der Waals surface area contributed by atoms with E-state index in [1.807, 2.05) is 0 Å². The standard InChI is InChI=1S/C17H24N4/c1-2-21-16-9-4-3-6-13(16)14(20-21)10-15(19-18)17-11-7-5-8-12(11)17/h3-4,6,9,11-12,15,17,19H,2,5,7-8,10,18H2,1H3. The molecule has 2 aromatic rings. The Morgan fingerprint density at radius 1 is 1.33 bits per heavy atom. The van der Waals surface area contributed by atoms with Crippen LogP contribution in [0.25, 0.3) is 10.9 Å². The molecule has 0 saturated heterocycles. The lowest BCUT2D eigenvalue weighted by atomic mass is 9.99. The van der Waals surface area contributed by atoms with Crippen molar-refractivity contribution in [3.05, 3.63) is 30.0 Å². The van der Waals surface area contributed by atoms with Crippen LogP contribution in [0.5, 0.6) is 0 Å². The van der Waals surface area contributed by atoms with Gasteiger partial charge in [0.05, 0.1) is 11.2 Å². The lowest BCUT2D eigenvalue weighted by Gasteiger charge is -2.16. The van der Waals surface area contributed by atoms with Crippen molar-refractivity contribution in [1.82, 2.24) is 15.2 Å². The summed E-state index contributed by atoms with van der Waals surface area (Å²) >= 11 is 0. The van der Waals surface area contributed by atoms with Gasteiger partial charge >= 0.3 is 0 Å². The molecule has 112 valence electrons. The summed E-state index contributed by atoms with van der Waals surface area (Å²) in [5.74, 6) is 8.48. The second-order valence-electron chi connectivity index (χ2n) is 6.59. The molecule has 0 spiro atoms. The summed E-state index contributed by atoms with van der Waals surface area (Å²) in [6.45, 7) is 3.06. The Labute approximate surface area is 125 Å². The first-order valence-corrected chi connectivity index (χ1v) is 8.24. The van der Waals surface area contributed by atoms with E-state index >= 15 is 0 Å². The van der Waals surface area contributed by atoms with Gasteiger partial charge in [0.15, 0.2) is 0 Å². The molecule has 0 bridgehead atoms. The van der Waals surface area contributed by atoms with Gasteiger partial charge < -0.3 is 0 Å². The molecule has 4 rings (SSSR count). The van der Waals surface area contributed by atoms with Gasteiger partial charge in [-0.3, -0.25) is 16.0 Å². The predicted octanol–water partition coefficient (Wildman–Crippen LogP) is 2.48. The molecule has 0 aliphatic heterocycles. The minimum atomic E-state index is 0.379. The SMILES string of the molecule is CCn1nc(CC(NN)C2C3CCCC32)c2ccccc21. The molecular formula is C17H24N4. The third kappa shape index (κ3) is 2.09. The highest BCUT2D eigenvalue weighted by Gasteiger charge is 2.55. The average Bonchev–Trinajstić information content (AvgIpc) is 2.90. The Morgan fingerprint density at radius 3 is 2.81 bits per heavy atom.